The number of aryl methyl sites for hydroxylation is 1. The molecular formula is C15H18N4. The molecule has 0 saturated heterocycles. The van der Waals surface area contributed by atoms with E-state index in [4.69, 9.17) is 6.42 Å². The summed E-state index contributed by atoms with van der Waals surface area (Å²) >= 11 is 0. The molecule has 4 nitrogen and oxygen atoms in total. The van der Waals surface area contributed by atoms with E-state index in [9.17, 15) is 0 Å². The first-order valence-corrected chi connectivity index (χ1v) is 6.22. The van der Waals surface area contributed by atoms with Crippen LogP contribution in [0.25, 0.3) is 0 Å². The third kappa shape index (κ3) is 3.94. The Labute approximate surface area is 114 Å². The van der Waals surface area contributed by atoms with E-state index in [0.29, 0.717) is 6.54 Å². The maximum absolute atomic E-state index is 5.31. The molecule has 2 aromatic rings. The van der Waals surface area contributed by atoms with Gasteiger partial charge in [0.05, 0.1) is 12.2 Å². The number of rotatable bonds is 5. The van der Waals surface area contributed by atoms with Gasteiger partial charge in [0.15, 0.2) is 0 Å². The fraction of sp³-hybridized carbons (Fsp3) is 0.333. The molecule has 0 N–H and O–H groups in total. The van der Waals surface area contributed by atoms with Crippen molar-refractivity contribution in [1.29, 1.82) is 0 Å². The van der Waals surface area contributed by atoms with E-state index in [1.807, 2.05) is 20.3 Å². The third-order valence-electron chi connectivity index (χ3n) is 2.84. The van der Waals surface area contributed by atoms with Gasteiger partial charge in [-0.2, -0.15) is 0 Å². The second kappa shape index (κ2) is 6.17. The molecule has 0 unspecified atom stereocenters. The highest BCUT2D eigenvalue weighted by atomic mass is 15.4. The van der Waals surface area contributed by atoms with Gasteiger partial charge < -0.3 is 0 Å². The lowest BCUT2D eigenvalue weighted by Gasteiger charge is -2.13. The summed E-state index contributed by atoms with van der Waals surface area (Å²) in [6.45, 7) is 1.52. The summed E-state index contributed by atoms with van der Waals surface area (Å²) in [6.07, 6.45) is 8.06. The van der Waals surface area contributed by atoms with Gasteiger partial charge in [0, 0.05) is 26.2 Å². The minimum atomic E-state index is 0.661. The first-order chi connectivity index (χ1) is 9.17. The van der Waals surface area contributed by atoms with E-state index < -0.39 is 0 Å². The number of nitrogens with zero attached hydrogens (tertiary/aromatic N) is 4. The van der Waals surface area contributed by atoms with Gasteiger partial charge in [-0.25, -0.2) is 0 Å². The fourth-order valence-electron chi connectivity index (χ4n) is 2.05. The molecule has 2 rings (SSSR count). The lowest BCUT2D eigenvalue weighted by molar-refractivity contribution is 0.369. The van der Waals surface area contributed by atoms with Crippen LogP contribution in [0.2, 0.25) is 0 Å². The van der Waals surface area contributed by atoms with Gasteiger partial charge in [0.2, 0.25) is 0 Å². The summed E-state index contributed by atoms with van der Waals surface area (Å²) in [7, 11) is 3.90. The maximum Gasteiger partial charge on any atom is 0.0870 e. The van der Waals surface area contributed by atoms with Crippen molar-refractivity contribution < 1.29 is 0 Å². The number of benzene rings is 1. The Morgan fingerprint density at radius 2 is 2.16 bits per heavy atom. The summed E-state index contributed by atoms with van der Waals surface area (Å²) in [4.78, 5) is 2.11. The summed E-state index contributed by atoms with van der Waals surface area (Å²) in [6, 6.07) is 8.50. The highest BCUT2D eigenvalue weighted by Gasteiger charge is 2.03. The van der Waals surface area contributed by atoms with Crippen molar-refractivity contribution in [3.05, 3.63) is 47.3 Å². The Morgan fingerprint density at radius 1 is 1.37 bits per heavy atom. The molecule has 0 saturated carbocycles. The predicted molar refractivity (Wildman–Crippen MR) is 75.4 cm³/mol. The smallest absolute Gasteiger partial charge is 0.0870 e. The van der Waals surface area contributed by atoms with Crippen LogP contribution in [0.15, 0.2) is 30.5 Å². The van der Waals surface area contributed by atoms with Gasteiger partial charge in [0.25, 0.3) is 0 Å². The molecule has 1 aromatic carbocycles. The van der Waals surface area contributed by atoms with Crippen LogP contribution >= 0.6 is 0 Å². The Balaban J connectivity index is 2.05. The molecule has 0 aliphatic carbocycles. The Kier molecular flexibility index (Phi) is 4.32. The van der Waals surface area contributed by atoms with Crippen molar-refractivity contribution in [3.63, 3.8) is 0 Å². The normalized spacial score (nSPS) is 10.6. The van der Waals surface area contributed by atoms with E-state index in [0.717, 1.165) is 18.7 Å². The second-order valence-electron chi connectivity index (χ2n) is 4.76. The average molecular weight is 254 g/mol. The van der Waals surface area contributed by atoms with Crippen LogP contribution in [0, 0.1) is 12.3 Å². The Bertz CT molecular complexity index is 580. The SMILES string of the molecule is C#CCN(C)Cc1cccc(Cc2cn(C)nn2)c1. The highest BCUT2D eigenvalue weighted by Crippen LogP contribution is 2.11. The molecule has 98 valence electrons. The second-order valence-corrected chi connectivity index (χ2v) is 4.76. The molecule has 0 aliphatic heterocycles. The molecular weight excluding hydrogens is 236 g/mol. The number of aromatic nitrogens is 3. The van der Waals surface area contributed by atoms with Gasteiger partial charge in [-0.3, -0.25) is 9.58 Å². The van der Waals surface area contributed by atoms with E-state index in [1.54, 1.807) is 4.68 Å². The first-order valence-electron chi connectivity index (χ1n) is 6.22. The summed E-state index contributed by atoms with van der Waals surface area (Å²) < 4.78 is 1.72. The molecule has 0 spiro atoms. The largest absolute Gasteiger partial charge is 0.291 e. The average Bonchev–Trinajstić information content (AvgIpc) is 2.75. The van der Waals surface area contributed by atoms with Crippen molar-refractivity contribution in [2.75, 3.05) is 13.6 Å². The topological polar surface area (TPSA) is 34.0 Å². The molecule has 19 heavy (non-hydrogen) atoms. The highest BCUT2D eigenvalue weighted by molar-refractivity contribution is 5.26. The first kappa shape index (κ1) is 13.3. The monoisotopic (exact) mass is 254 g/mol. The van der Waals surface area contributed by atoms with Crippen LogP contribution in [0.3, 0.4) is 0 Å². The third-order valence-corrected chi connectivity index (χ3v) is 2.84. The van der Waals surface area contributed by atoms with Crippen molar-refractivity contribution in [3.8, 4) is 12.3 Å². The molecule has 0 amide bonds. The van der Waals surface area contributed by atoms with E-state index >= 15 is 0 Å². The lowest BCUT2D eigenvalue weighted by atomic mass is 10.1. The molecule has 0 atom stereocenters. The van der Waals surface area contributed by atoms with Crippen LogP contribution in [-0.2, 0) is 20.0 Å². The van der Waals surface area contributed by atoms with Crippen LogP contribution in [0.1, 0.15) is 16.8 Å². The van der Waals surface area contributed by atoms with Crippen LogP contribution in [0.5, 0.6) is 0 Å². The van der Waals surface area contributed by atoms with Crippen molar-refractivity contribution in [1.82, 2.24) is 19.9 Å². The van der Waals surface area contributed by atoms with Crippen molar-refractivity contribution >= 4 is 0 Å². The summed E-state index contributed by atoms with van der Waals surface area (Å²) in [5, 5.41) is 8.05. The number of hydrogen-bond acceptors (Lipinski definition) is 3. The van der Waals surface area contributed by atoms with Crippen molar-refractivity contribution in [2.24, 2.45) is 7.05 Å². The van der Waals surface area contributed by atoms with Gasteiger partial charge in [-0.15, -0.1) is 11.5 Å². The van der Waals surface area contributed by atoms with Crippen LogP contribution in [-0.4, -0.2) is 33.5 Å². The zero-order chi connectivity index (χ0) is 13.7. The lowest BCUT2D eigenvalue weighted by Crippen LogP contribution is -2.17. The van der Waals surface area contributed by atoms with Crippen LogP contribution < -0.4 is 0 Å². The fourth-order valence-corrected chi connectivity index (χ4v) is 2.05. The number of terminal acetylenes is 1. The van der Waals surface area contributed by atoms with Gasteiger partial charge in [0.1, 0.15) is 0 Å². The standard InChI is InChI=1S/C15H18N4/c1-4-8-18(2)11-14-7-5-6-13(9-14)10-15-12-19(3)17-16-15/h1,5-7,9,12H,8,10-11H2,2-3H3. The van der Waals surface area contributed by atoms with E-state index in [1.165, 1.54) is 11.1 Å². The molecule has 0 aliphatic rings. The zero-order valence-electron chi connectivity index (χ0n) is 11.4. The Morgan fingerprint density at radius 3 is 2.84 bits per heavy atom. The van der Waals surface area contributed by atoms with Crippen LogP contribution in [0.4, 0.5) is 0 Å². The molecule has 1 heterocycles. The molecule has 1 aromatic heterocycles. The minimum absolute atomic E-state index is 0.661. The van der Waals surface area contributed by atoms with Gasteiger partial charge >= 0.3 is 0 Å². The van der Waals surface area contributed by atoms with E-state index in [-0.39, 0.29) is 0 Å². The molecule has 0 bridgehead atoms. The molecule has 0 fully saturated rings. The summed E-state index contributed by atoms with van der Waals surface area (Å²) in [5.74, 6) is 2.65. The van der Waals surface area contributed by atoms with Gasteiger partial charge in [-0.1, -0.05) is 35.4 Å². The summed E-state index contributed by atoms with van der Waals surface area (Å²) in [5.41, 5.74) is 3.49. The minimum Gasteiger partial charge on any atom is -0.291 e. The zero-order valence-corrected chi connectivity index (χ0v) is 11.4. The molecule has 0 radical (unpaired) electrons. The number of hydrogen-bond donors (Lipinski definition) is 0. The van der Waals surface area contributed by atoms with Crippen molar-refractivity contribution in [2.45, 2.75) is 13.0 Å². The predicted octanol–water partition coefficient (Wildman–Crippen LogP) is 1.47. The van der Waals surface area contributed by atoms with E-state index in [2.05, 4.69) is 45.4 Å². The quantitative estimate of drug-likeness (QED) is 0.758. The molecule has 4 heteroatoms. The Hall–Kier alpha value is -2.12. The maximum atomic E-state index is 5.31. The van der Waals surface area contributed by atoms with Gasteiger partial charge in [-0.05, 0) is 18.2 Å².